The second-order valence-electron chi connectivity index (χ2n) is 7.54. The Balaban J connectivity index is 1.65. The Morgan fingerprint density at radius 2 is 2.00 bits per heavy atom. The molecule has 0 aliphatic carbocycles. The first-order valence-electron chi connectivity index (χ1n) is 9.98. The van der Waals surface area contributed by atoms with Crippen molar-refractivity contribution >= 4 is 17.0 Å². The van der Waals surface area contributed by atoms with Gasteiger partial charge in [-0.2, -0.15) is 10.2 Å². The third-order valence-electron chi connectivity index (χ3n) is 5.02. The van der Waals surface area contributed by atoms with Crippen molar-refractivity contribution < 1.29 is 9.32 Å². The van der Waals surface area contributed by atoms with E-state index in [1.165, 1.54) is 0 Å². The Morgan fingerprint density at radius 1 is 1.20 bits per heavy atom. The molecule has 0 radical (unpaired) electrons. The number of aryl methyl sites for hydroxylation is 4. The number of amides is 1. The highest BCUT2D eigenvalue weighted by molar-refractivity contribution is 6.07. The van der Waals surface area contributed by atoms with Crippen molar-refractivity contribution in [1.29, 1.82) is 0 Å². The Labute approximate surface area is 174 Å². The number of aromatic nitrogens is 6. The van der Waals surface area contributed by atoms with Gasteiger partial charge >= 0.3 is 0 Å². The van der Waals surface area contributed by atoms with Gasteiger partial charge in [-0.25, -0.2) is 4.98 Å². The minimum Gasteiger partial charge on any atom is -0.348 e. The Hall–Kier alpha value is -3.49. The highest BCUT2D eigenvalue weighted by atomic mass is 16.5. The summed E-state index contributed by atoms with van der Waals surface area (Å²) in [6.07, 6.45) is 1.88. The average molecular weight is 407 g/mol. The highest BCUT2D eigenvalue weighted by Gasteiger charge is 2.21. The predicted molar refractivity (Wildman–Crippen MR) is 112 cm³/mol. The maximum absolute atomic E-state index is 13.2. The summed E-state index contributed by atoms with van der Waals surface area (Å²) in [6, 6.07) is 5.51. The summed E-state index contributed by atoms with van der Waals surface area (Å²) in [4.78, 5) is 17.7. The van der Waals surface area contributed by atoms with Crippen molar-refractivity contribution in [3.8, 4) is 11.4 Å². The first kappa shape index (κ1) is 19.8. The Kier molecular flexibility index (Phi) is 5.11. The van der Waals surface area contributed by atoms with Gasteiger partial charge in [-0.1, -0.05) is 5.16 Å². The fourth-order valence-corrected chi connectivity index (χ4v) is 3.55. The zero-order valence-electron chi connectivity index (χ0n) is 17.8. The predicted octanol–water partition coefficient (Wildman–Crippen LogP) is 3.05. The molecule has 4 aromatic rings. The second kappa shape index (κ2) is 7.74. The molecule has 0 bridgehead atoms. The standard InChI is InChI=1S/C21H25N7O2/c1-6-27-8-7-17(25-27)18-10-16(19-15(5)26-30-21(19)23-18)20(29)22-13(3)11-28-14(4)9-12(2)24-28/h7-10,13H,6,11H2,1-5H3,(H,22,29)/t13-/m1/s1. The van der Waals surface area contributed by atoms with E-state index in [1.54, 1.807) is 13.0 Å². The fraction of sp³-hybridized carbons (Fsp3) is 0.381. The zero-order chi connectivity index (χ0) is 21.4. The van der Waals surface area contributed by atoms with Crippen LogP contribution in [-0.4, -0.2) is 41.7 Å². The number of hydrogen-bond acceptors (Lipinski definition) is 6. The van der Waals surface area contributed by atoms with E-state index in [1.807, 2.05) is 55.4 Å². The second-order valence-corrected chi connectivity index (χ2v) is 7.54. The van der Waals surface area contributed by atoms with Crippen molar-refractivity contribution in [3.05, 3.63) is 47.0 Å². The van der Waals surface area contributed by atoms with Crippen LogP contribution >= 0.6 is 0 Å². The molecule has 0 spiro atoms. The van der Waals surface area contributed by atoms with Gasteiger partial charge in [0, 0.05) is 24.5 Å². The van der Waals surface area contributed by atoms with Gasteiger partial charge in [0.25, 0.3) is 11.6 Å². The molecule has 1 N–H and O–H groups in total. The molecule has 0 saturated heterocycles. The molecule has 0 aliphatic rings. The number of carbonyl (C=O) groups excluding carboxylic acids is 1. The Bertz CT molecular complexity index is 1220. The molecular formula is C21H25N7O2. The van der Waals surface area contributed by atoms with Crippen LogP contribution in [0, 0.1) is 20.8 Å². The number of carbonyl (C=O) groups is 1. The number of nitrogens with one attached hydrogen (secondary N) is 1. The quantitative estimate of drug-likeness (QED) is 0.527. The van der Waals surface area contributed by atoms with Crippen molar-refractivity contribution in [2.45, 2.75) is 53.8 Å². The molecule has 4 heterocycles. The summed E-state index contributed by atoms with van der Waals surface area (Å²) in [5.41, 5.74) is 4.69. The molecule has 4 rings (SSSR count). The van der Waals surface area contributed by atoms with E-state index in [0.717, 1.165) is 17.9 Å². The summed E-state index contributed by atoms with van der Waals surface area (Å²) in [5, 5.41) is 16.6. The highest BCUT2D eigenvalue weighted by Crippen LogP contribution is 2.26. The largest absolute Gasteiger partial charge is 0.348 e. The van der Waals surface area contributed by atoms with E-state index in [2.05, 4.69) is 25.7 Å². The number of pyridine rings is 1. The molecule has 4 aromatic heterocycles. The third-order valence-corrected chi connectivity index (χ3v) is 5.02. The molecule has 0 saturated carbocycles. The molecule has 1 amide bonds. The van der Waals surface area contributed by atoms with E-state index in [9.17, 15) is 4.79 Å². The SMILES string of the molecule is CCn1ccc(-c2cc(C(=O)N[C@H](C)Cn3nc(C)cc3C)c3c(C)noc3n2)n1. The van der Waals surface area contributed by atoms with Crippen LogP contribution in [0.4, 0.5) is 0 Å². The normalized spacial score (nSPS) is 12.4. The van der Waals surface area contributed by atoms with E-state index < -0.39 is 0 Å². The maximum Gasteiger partial charge on any atom is 0.259 e. The lowest BCUT2D eigenvalue weighted by Crippen LogP contribution is -2.36. The average Bonchev–Trinajstić information content (AvgIpc) is 3.40. The van der Waals surface area contributed by atoms with Crippen LogP contribution < -0.4 is 5.32 Å². The van der Waals surface area contributed by atoms with Crippen LogP contribution in [0.1, 0.15) is 41.3 Å². The van der Waals surface area contributed by atoms with Gasteiger partial charge in [0.2, 0.25) is 0 Å². The minimum atomic E-state index is -0.209. The van der Waals surface area contributed by atoms with Crippen LogP contribution in [-0.2, 0) is 13.1 Å². The van der Waals surface area contributed by atoms with Crippen molar-refractivity contribution in [3.63, 3.8) is 0 Å². The maximum atomic E-state index is 13.2. The van der Waals surface area contributed by atoms with Gasteiger partial charge in [-0.3, -0.25) is 14.2 Å². The summed E-state index contributed by atoms with van der Waals surface area (Å²) >= 11 is 0. The molecule has 0 fully saturated rings. The first-order chi connectivity index (χ1) is 14.4. The van der Waals surface area contributed by atoms with E-state index >= 15 is 0 Å². The first-order valence-corrected chi connectivity index (χ1v) is 9.98. The summed E-state index contributed by atoms with van der Waals surface area (Å²) in [5.74, 6) is -0.209. The van der Waals surface area contributed by atoms with Crippen LogP contribution in [0.2, 0.25) is 0 Å². The van der Waals surface area contributed by atoms with Gasteiger partial charge < -0.3 is 9.84 Å². The lowest BCUT2D eigenvalue weighted by molar-refractivity contribution is 0.0937. The monoisotopic (exact) mass is 407 g/mol. The molecule has 30 heavy (non-hydrogen) atoms. The molecule has 0 aliphatic heterocycles. The van der Waals surface area contributed by atoms with Crippen LogP contribution in [0.15, 0.2) is 28.9 Å². The van der Waals surface area contributed by atoms with Crippen molar-refractivity contribution in [1.82, 2.24) is 35.0 Å². The third kappa shape index (κ3) is 3.70. The van der Waals surface area contributed by atoms with E-state index in [-0.39, 0.29) is 11.9 Å². The molecule has 1 atom stereocenters. The van der Waals surface area contributed by atoms with Crippen molar-refractivity contribution in [2.24, 2.45) is 0 Å². The van der Waals surface area contributed by atoms with Crippen LogP contribution in [0.3, 0.4) is 0 Å². The summed E-state index contributed by atoms with van der Waals surface area (Å²) in [7, 11) is 0. The zero-order valence-corrected chi connectivity index (χ0v) is 17.8. The molecule has 9 heteroatoms. The van der Waals surface area contributed by atoms with Gasteiger partial charge in [0.15, 0.2) is 0 Å². The topological polar surface area (TPSA) is 104 Å². The molecule has 0 unspecified atom stereocenters. The molecule has 0 aromatic carbocycles. The Morgan fingerprint density at radius 3 is 2.67 bits per heavy atom. The number of hydrogen-bond donors (Lipinski definition) is 1. The van der Waals surface area contributed by atoms with Gasteiger partial charge in [0.1, 0.15) is 5.69 Å². The van der Waals surface area contributed by atoms with E-state index in [0.29, 0.717) is 40.3 Å². The van der Waals surface area contributed by atoms with Crippen molar-refractivity contribution in [2.75, 3.05) is 0 Å². The number of fused-ring (bicyclic) bond motifs is 1. The molecule has 9 nitrogen and oxygen atoms in total. The molecular weight excluding hydrogens is 382 g/mol. The van der Waals surface area contributed by atoms with E-state index in [4.69, 9.17) is 4.52 Å². The summed E-state index contributed by atoms with van der Waals surface area (Å²) < 4.78 is 9.07. The van der Waals surface area contributed by atoms with Crippen LogP contribution in [0.25, 0.3) is 22.5 Å². The minimum absolute atomic E-state index is 0.123. The van der Waals surface area contributed by atoms with Gasteiger partial charge in [0.05, 0.1) is 34.6 Å². The molecule has 156 valence electrons. The lowest BCUT2D eigenvalue weighted by Gasteiger charge is -2.15. The van der Waals surface area contributed by atoms with Crippen LogP contribution in [0.5, 0.6) is 0 Å². The van der Waals surface area contributed by atoms with Gasteiger partial charge in [-0.05, 0) is 52.8 Å². The summed E-state index contributed by atoms with van der Waals surface area (Å²) in [6.45, 7) is 11.1. The smallest absolute Gasteiger partial charge is 0.259 e. The number of rotatable bonds is 6. The fourth-order valence-electron chi connectivity index (χ4n) is 3.55. The van der Waals surface area contributed by atoms with Gasteiger partial charge in [-0.15, -0.1) is 0 Å². The number of nitrogens with zero attached hydrogens (tertiary/aromatic N) is 6. The lowest BCUT2D eigenvalue weighted by atomic mass is 10.1.